The maximum atomic E-state index is 12.1. The van der Waals surface area contributed by atoms with Crippen molar-refractivity contribution in [2.24, 2.45) is 0 Å². The van der Waals surface area contributed by atoms with Gasteiger partial charge in [0, 0.05) is 5.56 Å². The van der Waals surface area contributed by atoms with E-state index in [0.29, 0.717) is 11.1 Å². The lowest BCUT2D eigenvalue weighted by Gasteiger charge is -2.11. The van der Waals surface area contributed by atoms with Gasteiger partial charge < -0.3 is 5.11 Å². The molecule has 0 aromatic heterocycles. The van der Waals surface area contributed by atoms with E-state index >= 15 is 0 Å². The molecule has 2 nitrogen and oxygen atoms in total. The highest BCUT2D eigenvalue weighted by atomic mass is 31.0. The first kappa shape index (κ1) is 12.0. The number of hydrogen-bond acceptors (Lipinski definition) is 2. The normalized spacial score (nSPS) is 12.1. The van der Waals surface area contributed by atoms with Crippen LogP contribution in [0.25, 0.3) is 0 Å². The quantitative estimate of drug-likeness (QED) is 0.663. The SMILES string of the molecule is O=C(c1ccccc1P)C(O)c1ccccc1. The molecular formula is C14H13O2P. The number of carbonyl (C=O) groups excluding carboxylic acids is 1. The van der Waals surface area contributed by atoms with Gasteiger partial charge in [0.25, 0.3) is 0 Å². The molecule has 2 rings (SSSR count). The zero-order valence-electron chi connectivity index (χ0n) is 9.21. The lowest BCUT2D eigenvalue weighted by atomic mass is 10.00. The molecule has 0 saturated carbocycles. The maximum absolute atomic E-state index is 12.1. The largest absolute Gasteiger partial charge is 0.380 e. The van der Waals surface area contributed by atoms with Gasteiger partial charge in [-0.1, -0.05) is 54.6 Å². The van der Waals surface area contributed by atoms with E-state index in [0.717, 1.165) is 5.30 Å². The van der Waals surface area contributed by atoms with Crippen LogP contribution < -0.4 is 5.30 Å². The Labute approximate surface area is 103 Å². The Morgan fingerprint density at radius 2 is 1.59 bits per heavy atom. The van der Waals surface area contributed by atoms with Gasteiger partial charge in [0.1, 0.15) is 6.10 Å². The standard InChI is InChI=1S/C14H13O2P/c15-13(10-6-2-1-3-7-10)14(16)11-8-4-5-9-12(11)17/h1-9,13,15H,17H2. The molecule has 2 atom stereocenters. The second-order valence-electron chi connectivity index (χ2n) is 3.76. The molecule has 2 aromatic carbocycles. The van der Waals surface area contributed by atoms with Crippen molar-refractivity contribution in [1.82, 2.24) is 0 Å². The van der Waals surface area contributed by atoms with Crippen molar-refractivity contribution in [2.75, 3.05) is 0 Å². The van der Waals surface area contributed by atoms with E-state index in [2.05, 4.69) is 9.24 Å². The van der Waals surface area contributed by atoms with Gasteiger partial charge in [0.15, 0.2) is 5.78 Å². The first-order chi connectivity index (χ1) is 8.20. The van der Waals surface area contributed by atoms with Crippen LogP contribution in [0, 0.1) is 0 Å². The molecule has 0 aliphatic carbocycles. The van der Waals surface area contributed by atoms with E-state index in [1.807, 2.05) is 18.2 Å². The Hall–Kier alpha value is -1.50. The molecule has 2 aromatic rings. The molecule has 0 aliphatic heterocycles. The molecule has 86 valence electrons. The highest BCUT2D eigenvalue weighted by Gasteiger charge is 2.19. The van der Waals surface area contributed by atoms with Crippen LogP contribution in [-0.2, 0) is 0 Å². The maximum Gasteiger partial charge on any atom is 0.196 e. The highest BCUT2D eigenvalue weighted by molar-refractivity contribution is 7.27. The van der Waals surface area contributed by atoms with Gasteiger partial charge in [0.05, 0.1) is 0 Å². The third kappa shape index (κ3) is 2.60. The number of aliphatic hydroxyl groups excluding tert-OH is 1. The third-order valence-corrected chi connectivity index (χ3v) is 3.09. The molecule has 0 bridgehead atoms. The minimum Gasteiger partial charge on any atom is -0.380 e. The molecule has 0 aliphatic rings. The van der Waals surface area contributed by atoms with Crippen LogP contribution in [0.3, 0.4) is 0 Å². The molecule has 2 unspecified atom stereocenters. The summed E-state index contributed by atoms with van der Waals surface area (Å²) in [5.74, 6) is -0.276. The molecule has 1 N–H and O–H groups in total. The molecule has 0 spiro atoms. The second kappa shape index (κ2) is 5.22. The van der Waals surface area contributed by atoms with Crippen LogP contribution in [0.4, 0.5) is 0 Å². The first-order valence-corrected chi connectivity index (χ1v) is 5.89. The Bertz CT molecular complexity index is 523. The molecular weight excluding hydrogens is 231 g/mol. The fourth-order valence-corrected chi connectivity index (χ4v) is 2.00. The minimum atomic E-state index is -1.10. The van der Waals surface area contributed by atoms with Crippen molar-refractivity contribution >= 4 is 20.3 Å². The Morgan fingerprint density at radius 3 is 2.24 bits per heavy atom. The Balaban J connectivity index is 2.30. The minimum absolute atomic E-state index is 0.276. The van der Waals surface area contributed by atoms with Gasteiger partial charge in [0.2, 0.25) is 0 Å². The summed E-state index contributed by atoms with van der Waals surface area (Å²) in [5.41, 5.74) is 1.15. The summed E-state index contributed by atoms with van der Waals surface area (Å²) in [7, 11) is 2.51. The number of Topliss-reactive ketones (excluding diaryl/α,β-unsaturated/α-hetero) is 1. The predicted molar refractivity (Wildman–Crippen MR) is 71.5 cm³/mol. The van der Waals surface area contributed by atoms with E-state index in [9.17, 15) is 9.90 Å². The third-order valence-electron chi connectivity index (χ3n) is 2.59. The average Bonchev–Trinajstić information content (AvgIpc) is 2.39. The van der Waals surface area contributed by atoms with Gasteiger partial charge >= 0.3 is 0 Å². The Morgan fingerprint density at radius 1 is 1.00 bits per heavy atom. The van der Waals surface area contributed by atoms with Gasteiger partial charge in [-0.2, -0.15) is 0 Å². The van der Waals surface area contributed by atoms with E-state index in [4.69, 9.17) is 0 Å². The monoisotopic (exact) mass is 244 g/mol. The number of benzene rings is 2. The number of ketones is 1. The molecule has 0 saturated heterocycles. The van der Waals surface area contributed by atoms with Crippen LogP contribution in [0.2, 0.25) is 0 Å². The van der Waals surface area contributed by atoms with Crippen LogP contribution in [-0.4, -0.2) is 10.9 Å². The van der Waals surface area contributed by atoms with E-state index in [1.165, 1.54) is 0 Å². The van der Waals surface area contributed by atoms with E-state index < -0.39 is 6.10 Å². The Kier molecular flexibility index (Phi) is 3.68. The highest BCUT2D eigenvalue weighted by Crippen LogP contribution is 2.17. The van der Waals surface area contributed by atoms with Gasteiger partial charge in [-0.15, -0.1) is 9.24 Å². The first-order valence-electron chi connectivity index (χ1n) is 5.32. The van der Waals surface area contributed by atoms with Crippen molar-refractivity contribution < 1.29 is 9.90 Å². The van der Waals surface area contributed by atoms with Gasteiger partial charge in [-0.25, -0.2) is 0 Å². The van der Waals surface area contributed by atoms with Crippen LogP contribution in [0.1, 0.15) is 22.0 Å². The van der Waals surface area contributed by atoms with Crippen molar-refractivity contribution in [3.05, 3.63) is 65.7 Å². The smallest absolute Gasteiger partial charge is 0.196 e. The molecule has 0 radical (unpaired) electrons. The van der Waals surface area contributed by atoms with Crippen molar-refractivity contribution in [3.8, 4) is 0 Å². The van der Waals surface area contributed by atoms with Crippen molar-refractivity contribution in [2.45, 2.75) is 6.10 Å². The summed E-state index contributed by atoms with van der Waals surface area (Å²) in [6.07, 6.45) is -1.10. The fourth-order valence-electron chi connectivity index (χ4n) is 1.66. The van der Waals surface area contributed by atoms with Crippen molar-refractivity contribution in [1.29, 1.82) is 0 Å². The zero-order valence-corrected chi connectivity index (χ0v) is 10.4. The summed E-state index contributed by atoms with van der Waals surface area (Å²) in [5, 5.41) is 10.8. The molecule has 0 amide bonds. The summed E-state index contributed by atoms with van der Waals surface area (Å²) in [4.78, 5) is 12.1. The summed E-state index contributed by atoms with van der Waals surface area (Å²) in [6.45, 7) is 0. The second-order valence-corrected chi connectivity index (χ2v) is 4.39. The number of hydrogen-bond donors (Lipinski definition) is 1. The van der Waals surface area contributed by atoms with Crippen LogP contribution >= 0.6 is 9.24 Å². The molecule has 3 heteroatoms. The molecule has 0 heterocycles. The average molecular weight is 244 g/mol. The van der Waals surface area contributed by atoms with Gasteiger partial charge in [-0.3, -0.25) is 4.79 Å². The summed E-state index contributed by atoms with van der Waals surface area (Å²) < 4.78 is 0. The van der Waals surface area contributed by atoms with Crippen LogP contribution in [0.15, 0.2) is 54.6 Å². The van der Waals surface area contributed by atoms with Crippen molar-refractivity contribution in [3.63, 3.8) is 0 Å². The molecule has 17 heavy (non-hydrogen) atoms. The lowest BCUT2D eigenvalue weighted by Crippen LogP contribution is -2.17. The zero-order chi connectivity index (χ0) is 12.3. The lowest BCUT2D eigenvalue weighted by molar-refractivity contribution is 0.0749. The van der Waals surface area contributed by atoms with E-state index in [-0.39, 0.29) is 5.78 Å². The number of rotatable bonds is 3. The fraction of sp³-hybridized carbons (Fsp3) is 0.0714. The summed E-state index contributed by atoms with van der Waals surface area (Å²) >= 11 is 0. The number of aliphatic hydroxyl groups is 1. The van der Waals surface area contributed by atoms with Crippen LogP contribution in [0.5, 0.6) is 0 Å². The topological polar surface area (TPSA) is 37.3 Å². The van der Waals surface area contributed by atoms with E-state index in [1.54, 1.807) is 36.4 Å². The predicted octanol–water partition coefficient (Wildman–Crippen LogP) is 2.10. The summed E-state index contributed by atoms with van der Waals surface area (Å²) in [6, 6.07) is 16.1. The molecule has 0 fully saturated rings. The van der Waals surface area contributed by atoms with Gasteiger partial charge in [-0.05, 0) is 10.9 Å². The number of carbonyl (C=O) groups is 1.